The molecule has 2 aromatic rings. The standard InChI is InChI=1S/2C24H35NO3/c2*1-28-18-23(11-8-20-16-21(20)19-6-3-2-4-7-19)12-14-25(15-13-23)17-24(22(26)27)9-5-10-24/h2*2-4,6-7,20-21H,5,8-18H2,1H3,(H,26,27)/t2*20-,21?/m11/s1. The molecular weight excluding hydrogens is 701 g/mol. The van der Waals surface area contributed by atoms with E-state index < -0.39 is 22.8 Å². The van der Waals surface area contributed by atoms with Crippen molar-refractivity contribution >= 4 is 11.9 Å². The smallest absolute Gasteiger partial charge is 0.310 e. The van der Waals surface area contributed by atoms with Gasteiger partial charge in [0.05, 0.1) is 24.0 Å². The van der Waals surface area contributed by atoms with Gasteiger partial charge in [0.1, 0.15) is 0 Å². The summed E-state index contributed by atoms with van der Waals surface area (Å²) in [5.74, 6) is 2.00. The molecule has 2 unspecified atom stereocenters. The Hall–Kier alpha value is -2.78. The summed E-state index contributed by atoms with van der Waals surface area (Å²) in [5, 5.41) is 19.3. The first-order valence-corrected chi connectivity index (χ1v) is 22.1. The van der Waals surface area contributed by atoms with E-state index in [2.05, 4.69) is 70.5 Å². The second kappa shape index (κ2) is 18.0. The molecule has 8 heteroatoms. The lowest BCUT2D eigenvalue weighted by atomic mass is 9.67. The molecule has 6 fully saturated rings. The first-order valence-electron chi connectivity index (χ1n) is 22.1. The second-order valence-corrected chi connectivity index (χ2v) is 19.4. The van der Waals surface area contributed by atoms with Crippen LogP contribution in [0.25, 0.3) is 0 Å². The van der Waals surface area contributed by atoms with E-state index in [1.807, 2.05) is 14.2 Å². The van der Waals surface area contributed by atoms with Gasteiger partial charge in [-0.25, -0.2) is 0 Å². The Morgan fingerprint density at radius 1 is 0.589 bits per heavy atom. The lowest BCUT2D eigenvalue weighted by Crippen LogP contribution is -2.51. The van der Waals surface area contributed by atoms with E-state index in [1.54, 1.807) is 0 Å². The third-order valence-electron chi connectivity index (χ3n) is 15.7. The highest BCUT2D eigenvalue weighted by Crippen LogP contribution is 2.54. The molecule has 308 valence electrons. The highest BCUT2D eigenvalue weighted by molar-refractivity contribution is 5.76. The zero-order valence-electron chi connectivity index (χ0n) is 34.5. The van der Waals surface area contributed by atoms with Gasteiger partial charge in [0.2, 0.25) is 0 Å². The summed E-state index contributed by atoms with van der Waals surface area (Å²) < 4.78 is 11.3. The van der Waals surface area contributed by atoms with E-state index in [0.717, 1.165) is 140 Å². The van der Waals surface area contributed by atoms with Crippen LogP contribution in [0, 0.1) is 33.5 Å². The molecule has 8 rings (SSSR count). The van der Waals surface area contributed by atoms with Gasteiger partial charge < -0.3 is 29.5 Å². The Morgan fingerprint density at radius 3 is 1.23 bits per heavy atom. The van der Waals surface area contributed by atoms with Crippen LogP contribution in [0.4, 0.5) is 0 Å². The van der Waals surface area contributed by atoms with Gasteiger partial charge in [-0.1, -0.05) is 73.5 Å². The van der Waals surface area contributed by atoms with Crippen LogP contribution >= 0.6 is 0 Å². The number of aliphatic carboxylic acids is 2. The van der Waals surface area contributed by atoms with E-state index in [0.29, 0.717) is 0 Å². The van der Waals surface area contributed by atoms with Gasteiger partial charge >= 0.3 is 11.9 Å². The maximum atomic E-state index is 11.7. The van der Waals surface area contributed by atoms with E-state index in [9.17, 15) is 19.8 Å². The molecule has 56 heavy (non-hydrogen) atoms. The number of rotatable bonds is 18. The number of carboxylic acid groups (broad SMARTS) is 2. The van der Waals surface area contributed by atoms with E-state index >= 15 is 0 Å². The quantitative estimate of drug-likeness (QED) is 0.155. The monoisotopic (exact) mass is 771 g/mol. The van der Waals surface area contributed by atoms with Crippen LogP contribution in [-0.2, 0) is 19.1 Å². The minimum atomic E-state index is -0.590. The van der Waals surface area contributed by atoms with Crippen LogP contribution < -0.4 is 0 Å². The second-order valence-electron chi connectivity index (χ2n) is 19.4. The number of carboxylic acids is 2. The molecule has 6 aliphatic rings. The molecule has 0 bridgehead atoms. The number of hydrogen-bond donors (Lipinski definition) is 2. The molecule has 0 radical (unpaired) electrons. The molecule has 2 N–H and O–H groups in total. The molecule has 2 aromatic carbocycles. The van der Waals surface area contributed by atoms with Gasteiger partial charge in [-0.15, -0.1) is 0 Å². The normalized spacial score (nSPS) is 28.5. The van der Waals surface area contributed by atoms with E-state index in [-0.39, 0.29) is 10.8 Å². The van der Waals surface area contributed by atoms with Crippen molar-refractivity contribution in [3.63, 3.8) is 0 Å². The number of likely N-dealkylation sites (tertiary alicyclic amines) is 2. The SMILES string of the molecule is COCC1(CC[C@@H]2CC2c2ccccc2)CCN(CC2(C(=O)O)CCC2)CC1.COCC1(CC[C@@H]2CC2c2ccccc2)CCN(CC2(C(=O)O)CCC2)CC1. The average molecular weight is 771 g/mol. The van der Waals surface area contributed by atoms with Gasteiger partial charge in [0.25, 0.3) is 0 Å². The summed E-state index contributed by atoms with van der Waals surface area (Å²) >= 11 is 0. The lowest BCUT2D eigenvalue weighted by molar-refractivity contribution is -0.157. The number of nitrogens with zero attached hydrogens (tertiary/aromatic N) is 2. The lowest BCUT2D eigenvalue weighted by Gasteiger charge is -2.46. The topological polar surface area (TPSA) is 99.5 Å². The zero-order valence-corrected chi connectivity index (χ0v) is 34.5. The number of carbonyl (C=O) groups is 2. The third-order valence-corrected chi connectivity index (χ3v) is 15.7. The average Bonchev–Trinajstić information content (AvgIpc) is 4.12. The fourth-order valence-electron chi connectivity index (χ4n) is 11.2. The van der Waals surface area contributed by atoms with Gasteiger partial charge in [0.15, 0.2) is 0 Å². The van der Waals surface area contributed by atoms with Crippen molar-refractivity contribution in [2.75, 3.05) is 66.7 Å². The minimum absolute atomic E-state index is 0.283. The van der Waals surface area contributed by atoms with Crippen molar-refractivity contribution in [1.82, 2.24) is 9.80 Å². The first-order chi connectivity index (χ1) is 27.1. The predicted molar refractivity (Wildman–Crippen MR) is 221 cm³/mol. The summed E-state index contributed by atoms with van der Waals surface area (Å²) in [4.78, 5) is 28.2. The summed E-state index contributed by atoms with van der Waals surface area (Å²) in [6, 6.07) is 21.9. The number of methoxy groups -OCH3 is 2. The van der Waals surface area contributed by atoms with E-state index in [4.69, 9.17) is 9.47 Å². The highest BCUT2D eigenvalue weighted by atomic mass is 16.5. The Kier molecular flexibility index (Phi) is 13.3. The van der Waals surface area contributed by atoms with Gasteiger partial charge in [-0.05, 0) is 162 Å². The third kappa shape index (κ3) is 9.73. The van der Waals surface area contributed by atoms with Gasteiger partial charge in [-0.2, -0.15) is 0 Å². The predicted octanol–water partition coefficient (Wildman–Crippen LogP) is 9.11. The molecular formula is C48H70N2O6. The first kappa shape index (κ1) is 41.4. The summed E-state index contributed by atoms with van der Waals surface area (Å²) in [6.07, 6.45) is 17.8. The van der Waals surface area contributed by atoms with Crippen molar-refractivity contribution < 1.29 is 29.3 Å². The highest BCUT2D eigenvalue weighted by Gasteiger charge is 2.49. The van der Waals surface area contributed by atoms with Crippen molar-refractivity contribution in [3.05, 3.63) is 71.8 Å². The van der Waals surface area contributed by atoms with Crippen molar-refractivity contribution in [3.8, 4) is 0 Å². The molecule has 2 aliphatic heterocycles. The molecule has 0 amide bonds. The van der Waals surface area contributed by atoms with Gasteiger partial charge in [-0.3, -0.25) is 9.59 Å². The van der Waals surface area contributed by atoms with Crippen molar-refractivity contribution in [2.24, 2.45) is 33.5 Å². The zero-order chi connectivity index (χ0) is 39.2. The Bertz CT molecular complexity index is 1440. The Labute approximate surface area is 336 Å². The summed E-state index contributed by atoms with van der Waals surface area (Å²) in [5.41, 5.74) is 2.65. The van der Waals surface area contributed by atoms with Crippen LogP contribution in [0.1, 0.15) is 126 Å². The number of piperidine rings is 2. The van der Waals surface area contributed by atoms with Crippen molar-refractivity contribution in [2.45, 2.75) is 115 Å². The van der Waals surface area contributed by atoms with Crippen LogP contribution in [-0.4, -0.2) is 98.7 Å². The molecule has 2 saturated heterocycles. The molecule has 4 atom stereocenters. The molecule has 0 aromatic heterocycles. The molecule has 8 nitrogen and oxygen atoms in total. The van der Waals surface area contributed by atoms with Gasteiger partial charge in [0, 0.05) is 27.3 Å². The minimum Gasteiger partial charge on any atom is -0.481 e. The van der Waals surface area contributed by atoms with Crippen LogP contribution in [0.5, 0.6) is 0 Å². The fourth-order valence-corrected chi connectivity index (χ4v) is 11.2. The number of ether oxygens (including phenoxy) is 2. The number of benzene rings is 2. The maximum Gasteiger partial charge on any atom is 0.310 e. The van der Waals surface area contributed by atoms with E-state index in [1.165, 1.54) is 49.7 Å². The number of hydrogen-bond acceptors (Lipinski definition) is 6. The molecule has 4 saturated carbocycles. The Balaban J connectivity index is 0.000000172. The Morgan fingerprint density at radius 2 is 0.946 bits per heavy atom. The maximum absolute atomic E-state index is 11.7. The molecule has 0 spiro atoms. The van der Waals surface area contributed by atoms with Crippen LogP contribution in [0.15, 0.2) is 60.7 Å². The summed E-state index contributed by atoms with van der Waals surface area (Å²) in [6.45, 7) is 7.24. The van der Waals surface area contributed by atoms with Crippen molar-refractivity contribution in [1.29, 1.82) is 0 Å². The summed E-state index contributed by atoms with van der Waals surface area (Å²) in [7, 11) is 3.65. The largest absolute Gasteiger partial charge is 0.481 e. The molecule has 4 aliphatic carbocycles. The molecule has 2 heterocycles. The fraction of sp³-hybridized carbons (Fsp3) is 0.708. The van der Waals surface area contributed by atoms with Crippen LogP contribution in [0.3, 0.4) is 0 Å². The van der Waals surface area contributed by atoms with Crippen LogP contribution in [0.2, 0.25) is 0 Å².